The van der Waals surface area contributed by atoms with Gasteiger partial charge in [-0.05, 0) is 24.3 Å². The van der Waals surface area contributed by atoms with Crippen molar-refractivity contribution in [1.29, 1.82) is 0 Å². The molecule has 3 amide bonds. The zero-order chi connectivity index (χ0) is 19.1. The van der Waals surface area contributed by atoms with E-state index in [0.717, 1.165) is 5.56 Å². The predicted molar refractivity (Wildman–Crippen MR) is 103 cm³/mol. The Morgan fingerprint density at radius 3 is 2.82 bits per heavy atom. The van der Waals surface area contributed by atoms with Crippen LogP contribution in [0.15, 0.2) is 47.5 Å². The van der Waals surface area contributed by atoms with Gasteiger partial charge < -0.3 is 14.8 Å². The Labute approximate surface area is 161 Å². The summed E-state index contributed by atoms with van der Waals surface area (Å²) in [6.45, 7) is 2.00. The number of hydrogen-bond acceptors (Lipinski definition) is 5. The zero-order valence-corrected chi connectivity index (χ0v) is 15.1. The molecule has 2 aromatic carbocycles. The van der Waals surface area contributed by atoms with Crippen LogP contribution in [0.1, 0.15) is 5.56 Å². The molecule has 28 heavy (non-hydrogen) atoms. The third-order valence-electron chi connectivity index (χ3n) is 4.87. The molecule has 8 heteroatoms. The van der Waals surface area contributed by atoms with E-state index >= 15 is 0 Å². The molecule has 0 radical (unpaired) electrons. The van der Waals surface area contributed by atoms with Crippen molar-refractivity contribution in [2.45, 2.75) is 0 Å². The Kier molecular flexibility index (Phi) is 3.89. The molecule has 1 N–H and O–H groups in total. The Balaban J connectivity index is 1.37. The minimum absolute atomic E-state index is 0.0892. The molecule has 0 aliphatic carbocycles. The zero-order valence-electron chi connectivity index (χ0n) is 15.1. The van der Waals surface area contributed by atoms with Crippen molar-refractivity contribution in [1.82, 2.24) is 4.90 Å². The number of anilines is 2. The monoisotopic (exact) mass is 378 g/mol. The van der Waals surface area contributed by atoms with Crippen molar-refractivity contribution in [2.75, 3.05) is 43.1 Å². The Bertz CT molecular complexity index is 1000. The van der Waals surface area contributed by atoms with E-state index in [0.29, 0.717) is 55.0 Å². The second kappa shape index (κ2) is 6.56. The number of rotatable bonds is 3. The lowest BCUT2D eigenvalue weighted by molar-refractivity contribution is -0.114. The molecule has 0 atom stereocenters. The quantitative estimate of drug-likeness (QED) is 0.887. The molecule has 0 unspecified atom stereocenters. The molecule has 0 fully saturated rings. The molecule has 0 saturated carbocycles. The SMILES string of the molecule is O=C(CN1C(=O)N2CCN=C2c2ccccc21)Nc1ccc2c(c1)OCCO2. The van der Waals surface area contributed by atoms with E-state index in [1.807, 2.05) is 24.3 Å². The Morgan fingerprint density at radius 1 is 1.11 bits per heavy atom. The number of hydrogen-bond donors (Lipinski definition) is 1. The maximum atomic E-state index is 12.9. The minimum Gasteiger partial charge on any atom is -0.486 e. The predicted octanol–water partition coefficient (Wildman–Crippen LogP) is 2.10. The van der Waals surface area contributed by atoms with E-state index < -0.39 is 0 Å². The van der Waals surface area contributed by atoms with Gasteiger partial charge in [0.05, 0.1) is 12.2 Å². The average molecular weight is 378 g/mol. The molecule has 5 rings (SSSR count). The minimum atomic E-state index is -0.292. The number of para-hydroxylation sites is 1. The van der Waals surface area contributed by atoms with Crippen molar-refractivity contribution in [2.24, 2.45) is 4.99 Å². The van der Waals surface area contributed by atoms with E-state index in [1.54, 1.807) is 23.1 Å². The number of aliphatic imine (C=N–C) groups is 1. The van der Waals surface area contributed by atoms with Crippen LogP contribution in [-0.4, -0.2) is 55.5 Å². The number of fused-ring (bicyclic) bond motifs is 4. The van der Waals surface area contributed by atoms with Crippen molar-refractivity contribution < 1.29 is 19.1 Å². The van der Waals surface area contributed by atoms with Gasteiger partial charge in [-0.3, -0.25) is 19.6 Å². The summed E-state index contributed by atoms with van der Waals surface area (Å²) >= 11 is 0. The van der Waals surface area contributed by atoms with Gasteiger partial charge in [-0.25, -0.2) is 4.79 Å². The van der Waals surface area contributed by atoms with Crippen LogP contribution in [0.3, 0.4) is 0 Å². The van der Waals surface area contributed by atoms with Crippen LogP contribution < -0.4 is 19.7 Å². The molecule has 3 aliphatic rings. The lowest BCUT2D eigenvalue weighted by Crippen LogP contribution is -2.52. The van der Waals surface area contributed by atoms with Gasteiger partial charge in [0.1, 0.15) is 25.6 Å². The third-order valence-corrected chi connectivity index (χ3v) is 4.87. The first kappa shape index (κ1) is 16.6. The molecule has 0 saturated heterocycles. The second-order valence-corrected chi connectivity index (χ2v) is 6.65. The average Bonchev–Trinajstić information content (AvgIpc) is 3.21. The number of ether oxygens (including phenoxy) is 2. The highest BCUT2D eigenvalue weighted by atomic mass is 16.6. The molecule has 2 aromatic rings. The second-order valence-electron chi connectivity index (χ2n) is 6.65. The van der Waals surface area contributed by atoms with Crippen molar-refractivity contribution in [3.05, 3.63) is 48.0 Å². The highest BCUT2D eigenvalue weighted by Gasteiger charge is 2.37. The van der Waals surface area contributed by atoms with Crippen LogP contribution in [0.5, 0.6) is 11.5 Å². The van der Waals surface area contributed by atoms with Gasteiger partial charge in [0, 0.05) is 23.9 Å². The van der Waals surface area contributed by atoms with Crippen LogP contribution in [0, 0.1) is 0 Å². The summed E-state index contributed by atoms with van der Waals surface area (Å²) in [7, 11) is 0. The Morgan fingerprint density at radius 2 is 1.93 bits per heavy atom. The fraction of sp³-hybridized carbons (Fsp3) is 0.250. The summed E-state index contributed by atoms with van der Waals surface area (Å²) in [6.07, 6.45) is 0. The summed E-state index contributed by atoms with van der Waals surface area (Å²) in [4.78, 5) is 33.1. The van der Waals surface area contributed by atoms with Crippen LogP contribution in [0.4, 0.5) is 16.2 Å². The van der Waals surface area contributed by atoms with E-state index in [1.165, 1.54) is 4.90 Å². The number of nitrogens with one attached hydrogen (secondary N) is 1. The van der Waals surface area contributed by atoms with Gasteiger partial charge >= 0.3 is 6.03 Å². The van der Waals surface area contributed by atoms with Gasteiger partial charge in [0.2, 0.25) is 5.91 Å². The number of amides is 3. The fourth-order valence-electron chi connectivity index (χ4n) is 3.63. The van der Waals surface area contributed by atoms with Crippen LogP contribution in [0.2, 0.25) is 0 Å². The normalized spacial score (nSPS) is 17.0. The number of benzene rings is 2. The summed E-state index contributed by atoms with van der Waals surface area (Å²) in [5.74, 6) is 1.65. The molecule has 0 spiro atoms. The first-order valence-electron chi connectivity index (χ1n) is 9.13. The number of urea groups is 1. The van der Waals surface area contributed by atoms with E-state index in [-0.39, 0.29) is 18.5 Å². The smallest absolute Gasteiger partial charge is 0.330 e. The molecule has 3 heterocycles. The van der Waals surface area contributed by atoms with E-state index in [4.69, 9.17) is 9.47 Å². The maximum absolute atomic E-state index is 12.9. The van der Waals surface area contributed by atoms with E-state index in [9.17, 15) is 9.59 Å². The summed E-state index contributed by atoms with van der Waals surface area (Å²) in [5, 5.41) is 2.83. The molecular formula is C20H18N4O4. The largest absolute Gasteiger partial charge is 0.486 e. The summed E-state index contributed by atoms with van der Waals surface area (Å²) in [6, 6.07) is 12.5. The molecular weight excluding hydrogens is 360 g/mol. The first-order chi connectivity index (χ1) is 13.7. The molecule has 142 valence electrons. The highest BCUT2D eigenvalue weighted by molar-refractivity contribution is 6.21. The van der Waals surface area contributed by atoms with Crippen molar-refractivity contribution in [3.63, 3.8) is 0 Å². The number of amidine groups is 1. The van der Waals surface area contributed by atoms with Gasteiger partial charge in [-0.1, -0.05) is 12.1 Å². The topological polar surface area (TPSA) is 83.5 Å². The van der Waals surface area contributed by atoms with Gasteiger partial charge in [-0.2, -0.15) is 0 Å². The molecule has 8 nitrogen and oxygen atoms in total. The first-order valence-corrected chi connectivity index (χ1v) is 9.13. The molecule has 0 bridgehead atoms. The lowest BCUT2D eigenvalue weighted by Gasteiger charge is -2.34. The van der Waals surface area contributed by atoms with Crippen LogP contribution in [-0.2, 0) is 4.79 Å². The van der Waals surface area contributed by atoms with Gasteiger partial charge in [0.25, 0.3) is 0 Å². The number of carbonyl (C=O) groups is 2. The Hall–Kier alpha value is -3.55. The number of carbonyl (C=O) groups excluding carboxylic acids is 2. The highest BCUT2D eigenvalue weighted by Crippen LogP contribution is 2.33. The lowest BCUT2D eigenvalue weighted by atomic mass is 10.1. The summed E-state index contributed by atoms with van der Waals surface area (Å²) in [5.41, 5.74) is 2.16. The van der Waals surface area contributed by atoms with Crippen molar-refractivity contribution in [3.8, 4) is 11.5 Å². The number of nitrogens with zero attached hydrogens (tertiary/aromatic N) is 3. The van der Waals surface area contributed by atoms with Gasteiger partial charge in [0.15, 0.2) is 11.5 Å². The van der Waals surface area contributed by atoms with Crippen molar-refractivity contribution >= 4 is 29.1 Å². The standard InChI is InChI=1S/C20H18N4O4/c25-18(22-13-5-6-16-17(11-13)28-10-9-27-16)12-24-15-4-2-1-3-14(15)19-21-7-8-23(19)20(24)26/h1-6,11H,7-10,12H2,(H,22,25). The van der Waals surface area contributed by atoms with Gasteiger partial charge in [-0.15, -0.1) is 0 Å². The van der Waals surface area contributed by atoms with Crippen LogP contribution >= 0.6 is 0 Å². The molecule has 3 aliphatic heterocycles. The van der Waals surface area contributed by atoms with Crippen LogP contribution in [0.25, 0.3) is 0 Å². The van der Waals surface area contributed by atoms with E-state index in [2.05, 4.69) is 10.3 Å². The third kappa shape index (κ3) is 2.74. The fourth-order valence-corrected chi connectivity index (χ4v) is 3.63. The maximum Gasteiger partial charge on any atom is 0.330 e. The molecule has 0 aromatic heterocycles. The summed E-state index contributed by atoms with van der Waals surface area (Å²) < 4.78 is 11.0.